The smallest absolute Gasteiger partial charge is 0.165 e. The molecular formula is C55H43N5. The maximum atomic E-state index is 5.65. The van der Waals surface area contributed by atoms with Crippen LogP contribution >= 0.6 is 0 Å². The Morgan fingerprint density at radius 3 is 1.53 bits per heavy atom. The van der Waals surface area contributed by atoms with Crippen molar-refractivity contribution >= 4 is 43.6 Å². The van der Waals surface area contributed by atoms with Crippen molar-refractivity contribution in [2.24, 2.45) is 17.8 Å². The first kappa shape index (κ1) is 34.1. The summed E-state index contributed by atoms with van der Waals surface area (Å²) in [5.74, 6) is 4.84. The molecule has 4 aliphatic carbocycles. The molecule has 0 spiro atoms. The zero-order valence-corrected chi connectivity index (χ0v) is 33.4. The second-order valence-electron chi connectivity index (χ2n) is 17.9. The molecule has 0 unspecified atom stereocenters. The highest BCUT2D eigenvalue weighted by molar-refractivity contribution is 6.13. The van der Waals surface area contributed by atoms with Crippen LogP contribution in [0.2, 0.25) is 0 Å². The lowest BCUT2D eigenvalue weighted by Crippen LogP contribution is -2.49. The van der Waals surface area contributed by atoms with E-state index in [0.29, 0.717) is 0 Å². The van der Waals surface area contributed by atoms with Gasteiger partial charge in [0.2, 0.25) is 0 Å². The number of aromatic nitrogens is 5. The van der Waals surface area contributed by atoms with Crippen LogP contribution in [0.5, 0.6) is 0 Å². The van der Waals surface area contributed by atoms with E-state index in [1.165, 1.54) is 71.1 Å². The summed E-state index contributed by atoms with van der Waals surface area (Å²) in [5, 5.41) is 4.93. The van der Waals surface area contributed by atoms with Gasteiger partial charge in [0, 0.05) is 49.3 Å². The molecule has 3 heterocycles. The predicted molar refractivity (Wildman–Crippen MR) is 245 cm³/mol. The Labute approximate surface area is 349 Å². The van der Waals surface area contributed by atoms with E-state index in [1.807, 2.05) is 0 Å². The summed E-state index contributed by atoms with van der Waals surface area (Å²) < 4.78 is 4.90. The SMILES string of the molecule is c1ccc(-c2nc(-c3cccc(-c4ccccc4)c3-n3c4ccccc4c4cc(-n5c6ccccc6c6ccccc65)ccc43)nc(C34CC5CC(CC(C5)C3)C4)n2)cc1. The molecule has 0 saturated heterocycles. The first-order chi connectivity index (χ1) is 29.7. The highest BCUT2D eigenvalue weighted by atomic mass is 15.1. The van der Waals surface area contributed by atoms with Crippen molar-refractivity contribution < 1.29 is 0 Å². The van der Waals surface area contributed by atoms with Gasteiger partial charge >= 0.3 is 0 Å². The van der Waals surface area contributed by atoms with Crippen LogP contribution in [-0.2, 0) is 5.41 Å². The Morgan fingerprint density at radius 2 is 0.900 bits per heavy atom. The lowest BCUT2D eigenvalue weighted by Gasteiger charge is -2.56. The summed E-state index contributed by atoms with van der Waals surface area (Å²) in [7, 11) is 0. The number of benzene rings is 7. The lowest BCUT2D eigenvalue weighted by atomic mass is 9.49. The zero-order chi connectivity index (χ0) is 39.4. The number of nitrogens with zero attached hydrogens (tertiary/aromatic N) is 5. The van der Waals surface area contributed by atoms with Gasteiger partial charge < -0.3 is 9.13 Å². The molecule has 3 aromatic heterocycles. The first-order valence-corrected chi connectivity index (χ1v) is 21.7. The molecule has 14 rings (SSSR count). The number of rotatable bonds is 6. The molecule has 4 fully saturated rings. The van der Waals surface area contributed by atoms with Gasteiger partial charge in [0.1, 0.15) is 5.82 Å². The Kier molecular flexibility index (Phi) is 7.42. The average Bonchev–Trinajstić information content (AvgIpc) is 3.81. The summed E-state index contributed by atoms with van der Waals surface area (Å²) in [6.07, 6.45) is 7.69. The second kappa shape index (κ2) is 13.1. The Bertz CT molecular complexity index is 3210. The van der Waals surface area contributed by atoms with Crippen LogP contribution < -0.4 is 0 Å². The topological polar surface area (TPSA) is 48.5 Å². The zero-order valence-electron chi connectivity index (χ0n) is 33.4. The quantitative estimate of drug-likeness (QED) is 0.169. The highest BCUT2D eigenvalue weighted by Gasteiger charge is 2.53. The predicted octanol–water partition coefficient (Wildman–Crippen LogP) is 13.5. The second-order valence-corrected chi connectivity index (χ2v) is 17.9. The summed E-state index contributed by atoms with van der Waals surface area (Å²) in [5.41, 5.74) is 11.3. The molecule has 0 radical (unpaired) electrons. The van der Waals surface area contributed by atoms with E-state index in [0.717, 1.165) is 79.9 Å². The average molecular weight is 774 g/mol. The van der Waals surface area contributed by atoms with Crippen LogP contribution in [0.1, 0.15) is 44.3 Å². The van der Waals surface area contributed by atoms with Crippen LogP contribution in [0.15, 0.2) is 170 Å². The van der Waals surface area contributed by atoms with Gasteiger partial charge in [0.05, 0.1) is 27.8 Å². The summed E-state index contributed by atoms with van der Waals surface area (Å²) in [6.45, 7) is 0. The number of hydrogen-bond donors (Lipinski definition) is 0. The van der Waals surface area contributed by atoms with Crippen molar-refractivity contribution in [3.63, 3.8) is 0 Å². The summed E-state index contributed by atoms with van der Waals surface area (Å²) in [6, 6.07) is 61.4. The molecular weight excluding hydrogens is 731 g/mol. The van der Waals surface area contributed by atoms with Crippen molar-refractivity contribution in [1.29, 1.82) is 0 Å². The fraction of sp³-hybridized carbons (Fsp3) is 0.182. The van der Waals surface area contributed by atoms with E-state index in [4.69, 9.17) is 15.0 Å². The molecule has 4 aliphatic rings. The van der Waals surface area contributed by atoms with Gasteiger partial charge in [-0.3, -0.25) is 0 Å². The molecule has 0 amide bonds. The van der Waals surface area contributed by atoms with Gasteiger partial charge in [-0.05, 0) is 104 Å². The van der Waals surface area contributed by atoms with Gasteiger partial charge in [0.15, 0.2) is 11.6 Å². The molecule has 7 aromatic carbocycles. The summed E-state index contributed by atoms with van der Waals surface area (Å²) in [4.78, 5) is 16.5. The number of fused-ring (bicyclic) bond motifs is 6. The Balaban J connectivity index is 1.09. The van der Waals surface area contributed by atoms with E-state index < -0.39 is 0 Å². The fourth-order valence-electron chi connectivity index (χ4n) is 12.2. The van der Waals surface area contributed by atoms with Crippen molar-refractivity contribution in [2.45, 2.75) is 43.9 Å². The van der Waals surface area contributed by atoms with E-state index in [1.54, 1.807) is 0 Å². The van der Waals surface area contributed by atoms with Crippen LogP contribution in [0.25, 0.3) is 88.9 Å². The minimum absolute atomic E-state index is 0.00320. The van der Waals surface area contributed by atoms with Gasteiger partial charge in [0.25, 0.3) is 0 Å². The van der Waals surface area contributed by atoms with Crippen LogP contribution in [0, 0.1) is 17.8 Å². The number of para-hydroxylation sites is 4. The molecule has 5 heteroatoms. The molecule has 60 heavy (non-hydrogen) atoms. The normalized spacial score (nSPS) is 20.8. The first-order valence-electron chi connectivity index (χ1n) is 21.7. The third-order valence-electron chi connectivity index (χ3n) is 14.3. The highest BCUT2D eigenvalue weighted by Crippen LogP contribution is 2.60. The van der Waals surface area contributed by atoms with Gasteiger partial charge in [-0.25, -0.2) is 15.0 Å². The maximum Gasteiger partial charge on any atom is 0.165 e. The molecule has 5 nitrogen and oxygen atoms in total. The Hall–Kier alpha value is -6.85. The standard InChI is InChI=1S/C55H43N5/c1-3-14-38(15-4-1)41-21-13-22-45(53-56-52(39-16-5-2-6-17-39)57-54(58-53)55-32-35-28-36(33-55)30-37(29-35)34-55)51(41)60-49-25-12-9-20-44(49)46-31-40(26-27-50(46)60)59-47-23-10-7-18-42(47)43-19-8-11-24-48(43)59/h1-27,31,35-37H,28-30,32-34H2. The minimum Gasteiger partial charge on any atom is -0.309 e. The van der Waals surface area contributed by atoms with E-state index in [-0.39, 0.29) is 5.41 Å². The van der Waals surface area contributed by atoms with Gasteiger partial charge in [-0.15, -0.1) is 0 Å². The minimum atomic E-state index is 0.00320. The largest absolute Gasteiger partial charge is 0.309 e. The van der Waals surface area contributed by atoms with Crippen LogP contribution in [-0.4, -0.2) is 24.1 Å². The third-order valence-corrected chi connectivity index (χ3v) is 14.3. The Morgan fingerprint density at radius 1 is 0.400 bits per heavy atom. The molecule has 0 atom stereocenters. The van der Waals surface area contributed by atoms with Crippen molar-refractivity contribution in [3.8, 4) is 45.3 Å². The van der Waals surface area contributed by atoms with Crippen molar-refractivity contribution in [3.05, 3.63) is 176 Å². The van der Waals surface area contributed by atoms with Crippen molar-refractivity contribution in [2.75, 3.05) is 0 Å². The molecule has 4 saturated carbocycles. The van der Waals surface area contributed by atoms with E-state index in [9.17, 15) is 0 Å². The fourth-order valence-corrected chi connectivity index (χ4v) is 12.2. The van der Waals surface area contributed by atoms with E-state index >= 15 is 0 Å². The van der Waals surface area contributed by atoms with Gasteiger partial charge in [-0.2, -0.15) is 0 Å². The van der Waals surface area contributed by atoms with Gasteiger partial charge in [-0.1, -0.05) is 127 Å². The third kappa shape index (κ3) is 5.14. The van der Waals surface area contributed by atoms with Crippen molar-refractivity contribution in [1.82, 2.24) is 24.1 Å². The maximum absolute atomic E-state index is 5.65. The molecule has 4 bridgehead atoms. The molecule has 0 aliphatic heterocycles. The lowest BCUT2D eigenvalue weighted by molar-refractivity contribution is -0.00938. The summed E-state index contributed by atoms with van der Waals surface area (Å²) >= 11 is 0. The van der Waals surface area contributed by atoms with Crippen LogP contribution in [0.3, 0.4) is 0 Å². The van der Waals surface area contributed by atoms with E-state index in [2.05, 4.69) is 179 Å². The molecule has 0 N–H and O–H groups in total. The monoisotopic (exact) mass is 773 g/mol. The number of hydrogen-bond acceptors (Lipinski definition) is 3. The molecule has 10 aromatic rings. The molecule has 288 valence electrons. The van der Waals surface area contributed by atoms with Crippen LogP contribution in [0.4, 0.5) is 0 Å².